The van der Waals surface area contributed by atoms with Crippen molar-refractivity contribution < 1.29 is 0 Å². The van der Waals surface area contributed by atoms with E-state index >= 15 is 0 Å². The van der Waals surface area contributed by atoms with Crippen molar-refractivity contribution in [2.45, 2.75) is 0 Å². The molecule has 1 aliphatic rings. The lowest BCUT2D eigenvalue weighted by Crippen LogP contribution is -2.47. The predicted octanol–water partition coefficient (Wildman–Crippen LogP) is 0.494. The van der Waals surface area contributed by atoms with Crippen molar-refractivity contribution in [2.75, 3.05) is 36.0 Å². The second kappa shape index (κ2) is 5.15. The van der Waals surface area contributed by atoms with E-state index in [0.717, 1.165) is 49.0 Å². The minimum atomic E-state index is 0.793. The Morgan fingerprint density at radius 2 is 1.58 bits per heavy atom. The molecule has 0 spiro atoms. The van der Waals surface area contributed by atoms with Crippen LogP contribution in [0.3, 0.4) is 0 Å². The van der Waals surface area contributed by atoms with Gasteiger partial charge in [0.2, 0.25) is 5.65 Å². The van der Waals surface area contributed by atoms with E-state index < -0.39 is 0 Å². The molecule has 24 heavy (non-hydrogen) atoms. The second-order valence-electron chi connectivity index (χ2n) is 5.70. The molecule has 9 heteroatoms. The SMILES string of the molecule is c1cn2cnnc2c(N2CCN(c3nccn4nccc34)CC2)n1. The van der Waals surface area contributed by atoms with E-state index in [1.165, 1.54) is 0 Å². The molecule has 120 valence electrons. The molecule has 1 saturated heterocycles. The Balaban J connectivity index is 1.41. The first-order valence-corrected chi connectivity index (χ1v) is 7.83. The van der Waals surface area contributed by atoms with Crippen LogP contribution in [0.4, 0.5) is 11.6 Å². The molecule has 0 unspecified atom stereocenters. The lowest BCUT2D eigenvalue weighted by Gasteiger charge is -2.36. The normalized spacial score (nSPS) is 15.5. The number of anilines is 2. The summed E-state index contributed by atoms with van der Waals surface area (Å²) in [4.78, 5) is 13.6. The molecular weight excluding hydrogens is 306 g/mol. The molecule has 1 aliphatic heterocycles. The Kier molecular flexibility index (Phi) is 2.84. The highest BCUT2D eigenvalue weighted by molar-refractivity contribution is 5.69. The zero-order valence-electron chi connectivity index (χ0n) is 12.9. The Morgan fingerprint density at radius 3 is 2.46 bits per heavy atom. The van der Waals surface area contributed by atoms with Crippen molar-refractivity contribution in [3.8, 4) is 0 Å². The minimum Gasteiger partial charge on any atom is -0.351 e. The van der Waals surface area contributed by atoms with Crippen LogP contribution in [0.1, 0.15) is 0 Å². The van der Waals surface area contributed by atoms with E-state index in [9.17, 15) is 0 Å². The predicted molar refractivity (Wildman–Crippen MR) is 88.2 cm³/mol. The second-order valence-corrected chi connectivity index (χ2v) is 5.70. The van der Waals surface area contributed by atoms with Crippen LogP contribution >= 0.6 is 0 Å². The molecule has 5 rings (SSSR count). The van der Waals surface area contributed by atoms with E-state index in [1.54, 1.807) is 24.9 Å². The highest BCUT2D eigenvalue weighted by Gasteiger charge is 2.22. The lowest BCUT2D eigenvalue weighted by atomic mass is 10.3. The standard InChI is InChI=1S/C15H15N9/c1-2-19-24-6-4-16-13(12(1)24)21-7-9-22(10-8-21)14-15-20-18-11-23(15)5-3-17-14/h1-6,11H,7-10H2. The molecule has 4 aromatic heterocycles. The molecule has 0 aromatic carbocycles. The molecule has 0 radical (unpaired) electrons. The topological polar surface area (TPSA) is 79.8 Å². The van der Waals surface area contributed by atoms with Crippen molar-refractivity contribution in [3.63, 3.8) is 0 Å². The highest BCUT2D eigenvalue weighted by atomic mass is 15.3. The molecule has 0 atom stereocenters. The van der Waals surface area contributed by atoms with Crippen LogP contribution in [0.25, 0.3) is 11.2 Å². The summed E-state index contributed by atoms with van der Waals surface area (Å²) in [6, 6.07) is 1.99. The molecule has 0 N–H and O–H groups in total. The Hall–Kier alpha value is -3.23. The van der Waals surface area contributed by atoms with Crippen molar-refractivity contribution >= 4 is 22.8 Å². The van der Waals surface area contributed by atoms with Gasteiger partial charge < -0.3 is 9.80 Å². The Bertz CT molecular complexity index is 914. The summed E-state index contributed by atoms with van der Waals surface area (Å²) in [5, 5.41) is 12.4. The van der Waals surface area contributed by atoms with Gasteiger partial charge in [-0.15, -0.1) is 10.2 Å². The Morgan fingerprint density at radius 1 is 0.833 bits per heavy atom. The number of rotatable bonds is 2. The van der Waals surface area contributed by atoms with Gasteiger partial charge >= 0.3 is 0 Å². The summed E-state index contributed by atoms with van der Waals surface area (Å²) < 4.78 is 3.75. The number of nitrogens with zero attached hydrogens (tertiary/aromatic N) is 9. The van der Waals surface area contributed by atoms with Crippen LogP contribution in [-0.2, 0) is 0 Å². The molecule has 1 fully saturated rings. The van der Waals surface area contributed by atoms with Crippen LogP contribution in [0, 0.1) is 0 Å². The smallest absolute Gasteiger partial charge is 0.203 e. The summed E-state index contributed by atoms with van der Waals surface area (Å²) in [5.41, 5.74) is 1.82. The van der Waals surface area contributed by atoms with Crippen LogP contribution in [-0.4, -0.2) is 60.4 Å². The van der Waals surface area contributed by atoms with Gasteiger partial charge in [-0.3, -0.25) is 4.40 Å². The minimum absolute atomic E-state index is 0.793. The monoisotopic (exact) mass is 321 g/mol. The first kappa shape index (κ1) is 13.2. The van der Waals surface area contributed by atoms with Gasteiger partial charge in [-0.1, -0.05) is 0 Å². The molecule has 0 saturated carbocycles. The van der Waals surface area contributed by atoms with Gasteiger partial charge in [-0.25, -0.2) is 14.5 Å². The molecule has 0 aliphatic carbocycles. The van der Waals surface area contributed by atoms with Gasteiger partial charge in [-0.05, 0) is 6.07 Å². The van der Waals surface area contributed by atoms with Crippen LogP contribution in [0.2, 0.25) is 0 Å². The molecule has 0 bridgehead atoms. The third kappa shape index (κ3) is 1.98. The number of hydrogen-bond acceptors (Lipinski definition) is 7. The van der Waals surface area contributed by atoms with E-state index in [0.29, 0.717) is 0 Å². The zero-order chi connectivity index (χ0) is 15.9. The third-order valence-electron chi connectivity index (χ3n) is 4.38. The number of piperazine rings is 1. The quantitative estimate of drug-likeness (QED) is 0.531. The maximum atomic E-state index is 4.55. The maximum Gasteiger partial charge on any atom is 0.203 e. The van der Waals surface area contributed by atoms with Gasteiger partial charge in [0.05, 0.1) is 6.20 Å². The van der Waals surface area contributed by atoms with Gasteiger partial charge in [-0.2, -0.15) is 5.10 Å². The summed E-state index contributed by atoms with van der Waals surface area (Å²) >= 11 is 0. The Labute approximate surface area is 137 Å². The van der Waals surface area contributed by atoms with Crippen LogP contribution in [0.5, 0.6) is 0 Å². The van der Waals surface area contributed by atoms with Crippen molar-refractivity contribution in [2.24, 2.45) is 0 Å². The fourth-order valence-corrected chi connectivity index (χ4v) is 3.19. The molecule has 0 amide bonds. The molecule has 4 aromatic rings. The fourth-order valence-electron chi connectivity index (χ4n) is 3.19. The highest BCUT2D eigenvalue weighted by Crippen LogP contribution is 2.22. The fraction of sp³-hybridized carbons (Fsp3) is 0.267. The van der Waals surface area contributed by atoms with Crippen molar-refractivity contribution in [3.05, 3.63) is 43.4 Å². The molecular formula is C15H15N9. The average molecular weight is 321 g/mol. The van der Waals surface area contributed by atoms with E-state index in [4.69, 9.17) is 0 Å². The number of hydrogen-bond donors (Lipinski definition) is 0. The van der Waals surface area contributed by atoms with Gasteiger partial charge in [0.15, 0.2) is 11.6 Å². The van der Waals surface area contributed by atoms with Gasteiger partial charge in [0.25, 0.3) is 0 Å². The van der Waals surface area contributed by atoms with Crippen LogP contribution in [0.15, 0.2) is 43.4 Å². The summed E-state index contributed by atoms with van der Waals surface area (Å²) in [6.07, 6.45) is 10.8. The first-order chi connectivity index (χ1) is 11.9. The third-order valence-corrected chi connectivity index (χ3v) is 4.38. The van der Waals surface area contributed by atoms with Gasteiger partial charge in [0, 0.05) is 51.0 Å². The molecule has 9 nitrogen and oxygen atoms in total. The zero-order valence-corrected chi connectivity index (χ0v) is 12.9. The summed E-state index contributed by atoms with van der Waals surface area (Å²) in [6.45, 7) is 3.45. The lowest BCUT2D eigenvalue weighted by molar-refractivity contribution is 0.642. The summed E-state index contributed by atoms with van der Waals surface area (Å²) in [7, 11) is 0. The van der Waals surface area contributed by atoms with Crippen LogP contribution < -0.4 is 9.80 Å². The first-order valence-electron chi connectivity index (χ1n) is 7.83. The maximum absolute atomic E-state index is 4.55. The van der Waals surface area contributed by atoms with Crippen molar-refractivity contribution in [1.29, 1.82) is 0 Å². The van der Waals surface area contributed by atoms with Gasteiger partial charge in [0.1, 0.15) is 11.8 Å². The van der Waals surface area contributed by atoms with E-state index in [2.05, 4.69) is 35.1 Å². The summed E-state index contributed by atoms with van der Waals surface area (Å²) in [5.74, 6) is 1.86. The number of aromatic nitrogens is 7. The van der Waals surface area contributed by atoms with E-state index in [1.807, 2.05) is 27.4 Å². The van der Waals surface area contributed by atoms with Crippen molar-refractivity contribution in [1.82, 2.24) is 34.2 Å². The average Bonchev–Trinajstić information content (AvgIpc) is 3.30. The largest absolute Gasteiger partial charge is 0.351 e. The molecule has 5 heterocycles. The number of fused-ring (bicyclic) bond motifs is 2. The van der Waals surface area contributed by atoms with E-state index in [-0.39, 0.29) is 0 Å².